The molecule has 1 heterocycles. The van der Waals surface area contributed by atoms with E-state index in [4.69, 9.17) is 4.74 Å². The molecule has 0 bridgehead atoms. The molecular weight excluding hydrogens is 450 g/mol. The molecule has 0 atom stereocenters. The summed E-state index contributed by atoms with van der Waals surface area (Å²) >= 11 is 1.40. The number of nitrogens with zero attached hydrogens (tertiary/aromatic N) is 2. The highest BCUT2D eigenvalue weighted by Gasteiger charge is 2.21. The van der Waals surface area contributed by atoms with Crippen LogP contribution in [0.15, 0.2) is 60.0 Å². The number of nitrogens with one attached hydrogen (secondary N) is 1. The molecule has 2 aromatic carbocycles. The number of carbonyl (C=O) groups is 3. The van der Waals surface area contributed by atoms with Gasteiger partial charge in [0.25, 0.3) is 5.91 Å². The number of aromatic nitrogens is 1. The molecule has 3 rings (SSSR count). The lowest BCUT2D eigenvalue weighted by atomic mass is 10.2. The molecule has 1 aromatic heterocycles. The summed E-state index contributed by atoms with van der Waals surface area (Å²) in [5.41, 5.74) is 2.68. The van der Waals surface area contributed by atoms with Crippen molar-refractivity contribution in [3.8, 4) is 11.3 Å². The van der Waals surface area contributed by atoms with Crippen molar-refractivity contribution < 1.29 is 19.1 Å². The van der Waals surface area contributed by atoms with E-state index in [0.29, 0.717) is 22.9 Å². The monoisotopic (exact) mass is 479 g/mol. The Balaban J connectivity index is 1.66. The van der Waals surface area contributed by atoms with Crippen molar-refractivity contribution in [3.05, 3.63) is 65.5 Å². The number of hydrogen-bond donors (Lipinski definition) is 1. The van der Waals surface area contributed by atoms with Gasteiger partial charge in [0.2, 0.25) is 5.91 Å². The molecule has 8 heteroatoms. The van der Waals surface area contributed by atoms with Gasteiger partial charge in [0, 0.05) is 30.1 Å². The van der Waals surface area contributed by atoms with Crippen LogP contribution in [0.4, 0.5) is 10.8 Å². The Morgan fingerprint density at radius 2 is 1.74 bits per heavy atom. The van der Waals surface area contributed by atoms with Gasteiger partial charge in [-0.05, 0) is 30.7 Å². The minimum Gasteiger partial charge on any atom is -0.452 e. The van der Waals surface area contributed by atoms with Gasteiger partial charge >= 0.3 is 5.97 Å². The minimum absolute atomic E-state index is 0.197. The van der Waals surface area contributed by atoms with Crippen molar-refractivity contribution in [1.29, 1.82) is 0 Å². The predicted molar refractivity (Wildman–Crippen MR) is 135 cm³/mol. The summed E-state index contributed by atoms with van der Waals surface area (Å²) in [4.78, 5) is 42.9. The van der Waals surface area contributed by atoms with E-state index in [0.717, 1.165) is 36.9 Å². The standard InChI is InChI=1S/C26H29N3O4S/c1-3-4-5-9-16-29(26-28-23(18-34-26)20-10-7-6-8-11-20)24(31)17-33-25(32)21-12-14-22(15-13-21)27-19(2)30/h6-8,10-15,18H,3-5,9,16-17H2,1-2H3,(H,27,30). The summed E-state index contributed by atoms with van der Waals surface area (Å²) in [7, 11) is 0. The third kappa shape index (κ3) is 7.25. The van der Waals surface area contributed by atoms with E-state index in [-0.39, 0.29) is 18.4 Å². The summed E-state index contributed by atoms with van der Waals surface area (Å²) in [5, 5.41) is 5.16. The molecule has 0 aliphatic carbocycles. The number of anilines is 2. The number of esters is 1. The smallest absolute Gasteiger partial charge is 0.338 e. The number of hydrogen-bond acceptors (Lipinski definition) is 6. The van der Waals surface area contributed by atoms with Crippen molar-refractivity contribution in [2.75, 3.05) is 23.4 Å². The van der Waals surface area contributed by atoms with Gasteiger partial charge in [-0.15, -0.1) is 11.3 Å². The summed E-state index contributed by atoms with van der Waals surface area (Å²) in [6, 6.07) is 16.1. The molecular formula is C26H29N3O4S. The third-order valence-corrected chi connectivity index (χ3v) is 5.96. The van der Waals surface area contributed by atoms with Gasteiger partial charge in [-0.1, -0.05) is 56.5 Å². The fourth-order valence-electron chi connectivity index (χ4n) is 3.33. The minimum atomic E-state index is -0.599. The lowest BCUT2D eigenvalue weighted by Crippen LogP contribution is -2.35. The van der Waals surface area contributed by atoms with E-state index in [1.54, 1.807) is 29.2 Å². The zero-order valence-corrected chi connectivity index (χ0v) is 20.3. The van der Waals surface area contributed by atoms with Crippen LogP contribution in [0.2, 0.25) is 0 Å². The van der Waals surface area contributed by atoms with E-state index >= 15 is 0 Å². The highest BCUT2D eigenvalue weighted by atomic mass is 32.1. The molecule has 2 amide bonds. The summed E-state index contributed by atoms with van der Waals surface area (Å²) in [6.45, 7) is 3.69. The van der Waals surface area contributed by atoms with Crippen LogP contribution in [-0.2, 0) is 14.3 Å². The van der Waals surface area contributed by atoms with Gasteiger partial charge in [0.15, 0.2) is 11.7 Å². The Morgan fingerprint density at radius 3 is 2.41 bits per heavy atom. The molecule has 0 aliphatic heterocycles. The first-order valence-corrected chi connectivity index (χ1v) is 12.2. The molecule has 178 valence electrons. The second-order valence-electron chi connectivity index (χ2n) is 7.82. The molecule has 3 aromatic rings. The fourth-order valence-corrected chi connectivity index (χ4v) is 4.21. The van der Waals surface area contributed by atoms with E-state index in [1.807, 2.05) is 35.7 Å². The van der Waals surface area contributed by atoms with E-state index in [1.165, 1.54) is 18.3 Å². The van der Waals surface area contributed by atoms with Gasteiger partial charge in [0.05, 0.1) is 11.3 Å². The van der Waals surface area contributed by atoms with Crippen LogP contribution in [0.5, 0.6) is 0 Å². The van der Waals surface area contributed by atoms with Crippen LogP contribution in [0, 0.1) is 0 Å². The Hall–Kier alpha value is -3.52. The normalized spacial score (nSPS) is 10.5. The summed E-state index contributed by atoms with van der Waals surface area (Å²) < 4.78 is 5.29. The fraction of sp³-hybridized carbons (Fsp3) is 0.308. The number of ether oxygens (including phenoxy) is 1. The molecule has 0 spiro atoms. The number of rotatable bonds is 11. The average molecular weight is 480 g/mol. The number of thiazole rings is 1. The Morgan fingerprint density at radius 1 is 1.00 bits per heavy atom. The first-order chi connectivity index (χ1) is 16.5. The van der Waals surface area contributed by atoms with Crippen LogP contribution >= 0.6 is 11.3 Å². The lowest BCUT2D eigenvalue weighted by Gasteiger charge is -2.20. The number of carbonyl (C=O) groups excluding carboxylic acids is 3. The van der Waals surface area contributed by atoms with Crippen molar-refractivity contribution >= 4 is 39.9 Å². The molecule has 0 fully saturated rings. The first kappa shape index (κ1) is 25.1. The number of benzene rings is 2. The van der Waals surface area contributed by atoms with Crippen molar-refractivity contribution in [2.45, 2.75) is 39.5 Å². The molecule has 0 radical (unpaired) electrons. The SMILES string of the molecule is CCCCCCN(C(=O)COC(=O)c1ccc(NC(C)=O)cc1)c1nc(-c2ccccc2)cs1. The van der Waals surface area contributed by atoms with E-state index < -0.39 is 5.97 Å². The van der Waals surface area contributed by atoms with Gasteiger partial charge < -0.3 is 10.1 Å². The molecule has 0 saturated carbocycles. The second-order valence-corrected chi connectivity index (χ2v) is 8.66. The summed E-state index contributed by atoms with van der Waals surface area (Å²) in [5.74, 6) is -1.11. The lowest BCUT2D eigenvalue weighted by molar-refractivity contribution is -0.121. The Labute approximate surface area is 203 Å². The third-order valence-electron chi connectivity index (χ3n) is 5.10. The summed E-state index contributed by atoms with van der Waals surface area (Å²) in [6.07, 6.45) is 4.05. The Bertz CT molecular complexity index is 1100. The largest absolute Gasteiger partial charge is 0.452 e. The Kier molecular flexibility index (Phi) is 9.34. The highest BCUT2D eigenvalue weighted by molar-refractivity contribution is 7.14. The van der Waals surface area contributed by atoms with Gasteiger partial charge in [-0.2, -0.15) is 0 Å². The molecule has 1 N–H and O–H groups in total. The van der Waals surface area contributed by atoms with Crippen molar-refractivity contribution in [2.24, 2.45) is 0 Å². The maximum atomic E-state index is 13.0. The van der Waals surface area contributed by atoms with E-state index in [9.17, 15) is 14.4 Å². The maximum absolute atomic E-state index is 13.0. The molecule has 7 nitrogen and oxygen atoms in total. The first-order valence-electron chi connectivity index (χ1n) is 11.3. The molecule has 0 aliphatic rings. The van der Waals surface area contributed by atoms with Crippen LogP contribution < -0.4 is 10.2 Å². The zero-order valence-electron chi connectivity index (χ0n) is 19.5. The van der Waals surface area contributed by atoms with E-state index in [2.05, 4.69) is 17.2 Å². The average Bonchev–Trinajstić information content (AvgIpc) is 3.33. The number of unbranched alkanes of at least 4 members (excludes halogenated alkanes) is 3. The highest BCUT2D eigenvalue weighted by Crippen LogP contribution is 2.28. The topological polar surface area (TPSA) is 88.6 Å². The number of amides is 2. The van der Waals surface area contributed by atoms with Crippen LogP contribution in [0.25, 0.3) is 11.3 Å². The van der Waals surface area contributed by atoms with Gasteiger partial charge in [0.1, 0.15) is 0 Å². The second kappa shape index (κ2) is 12.6. The molecule has 0 unspecified atom stereocenters. The van der Waals surface area contributed by atoms with Gasteiger partial charge in [-0.25, -0.2) is 9.78 Å². The molecule has 0 saturated heterocycles. The van der Waals surface area contributed by atoms with Crippen molar-refractivity contribution in [3.63, 3.8) is 0 Å². The maximum Gasteiger partial charge on any atom is 0.338 e. The predicted octanol–water partition coefficient (Wildman–Crippen LogP) is 5.54. The van der Waals surface area contributed by atoms with Crippen LogP contribution in [-0.4, -0.2) is 35.9 Å². The molecule has 34 heavy (non-hydrogen) atoms. The van der Waals surface area contributed by atoms with Gasteiger partial charge in [-0.3, -0.25) is 14.5 Å². The quantitative estimate of drug-likeness (QED) is 0.288. The van der Waals surface area contributed by atoms with Crippen molar-refractivity contribution in [1.82, 2.24) is 4.98 Å². The van der Waals surface area contributed by atoms with Crippen LogP contribution in [0.3, 0.4) is 0 Å². The zero-order chi connectivity index (χ0) is 24.3. The van der Waals surface area contributed by atoms with Crippen LogP contribution in [0.1, 0.15) is 49.9 Å².